The Labute approximate surface area is 138 Å². The predicted octanol–water partition coefficient (Wildman–Crippen LogP) is 3.30. The van der Waals surface area contributed by atoms with Crippen LogP contribution in [0, 0.1) is 0 Å². The molecule has 5 nitrogen and oxygen atoms in total. The minimum absolute atomic E-state index is 0.224. The fourth-order valence-electron chi connectivity index (χ4n) is 2.51. The number of hydrogen-bond donors (Lipinski definition) is 0. The number of pyridine rings is 2. The molecule has 0 bridgehead atoms. The number of halogens is 1. The zero-order valence-corrected chi connectivity index (χ0v) is 14.0. The van der Waals surface area contributed by atoms with Gasteiger partial charge < -0.3 is 14.4 Å². The van der Waals surface area contributed by atoms with Crippen molar-refractivity contribution in [3.05, 3.63) is 41.1 Å². The van der Waals surface area contributed by atoms with E-state index in [0.717, 1.165) is 42.0 Å². The fourth-order valence-corrected chi connectivity index (χ4v) is 2.74. The molecular formula is C16H18BrN3O2. The van der Waals surface area contributed by atoms with Crippen molar-refractivity contribution in [3.8, 4) is 11.6 Å². The second kappa shape index (κ2) is 6.96. The second-order valence-corrected chi connectivity index (χ2v) is 6.09. The zero-order chi connectivity index (χ0) is 15.4. The summed E-state index contributed by atoms with van der Waals surface area (Å²) in [4.78, 5) is 10.9. The van der Waals surface area contributed by atoms with E-state index in [1.807, 2.05) is 30.5 Å². The molecule has 6 heteroatoms. The van der Waals surface area contributed by atoms with E-state index in [1.54, 1.807) is 13.3 Å². The topological polar surface area (TPSA) is 47.5 Å². The molecule has 0 amide bonds. The van der Waals surface area contributed by atoms with Crippen molar-refractivity contribution in [3.63, 3.8) is 0 Å². The van der Waals surface area contributed by atoms with E-state index in [1.165, 1.54) is 0 Å². The highest BCUT2D eigenvalue weighted by Gasteiger charge is 2.21. The highest BCUT2D eigenvalue weighted by Crippen LogP contribution is 2.23. The van der Waals surface area contributed by atoms with Crippen LogP contribution in [0.25, 0.3) is 0 Å². The summed E-state index contributed by atoms with van der Waals surface area (Å²) in [6.07, 6.45) is 5.72. The monoisotopic (exact) mass is 363 g/mol. The lowest BCUT2D eigenvalue weighted by Gasteiger charge is -2.32. The highest BCUT2D eigenvalue weighted by molar-refractivity contribution is 9.10. The summed E-state index contributed by atoms with van der Waals surface area (Å²) in [5, 5.41) is 0. The van der Waals surface area contributed by atoms with Crippen LogP contribution in [0.5, 0.6) is 11.6 Å². The molecule has 0 aromatic carbocycles. The average molecular weight is 364 g/mol. The van der Waals surface area contributed by atoms with Gasteiger partial charge in [0.2, 0.25) is 5.88 Å². The third-order valence-electron chi connectivity index (χ3n) is 3.70. The largest absolute Gasteiger partial charge is 0.489 e. The summed E-state index contributed by atoms with van der Waals surface area (Å²) < 4.78 is 12.0. The second-order valence-electron chi connectivity index (χ2n) is 5.18. The molecule has 0 N–H and O–H groups in total. The van der Waals surface area contributed by atoms with Crippen molar-refractivity contribution >= 4 is 21.7 Å². The van der Waals surface area contributed by atoms with Crippen molar-refractivity contribution in [2.45, 2.75) is 18.9 Å². The summed E-state index contributed by atoms with van der Waals surface area (Å²) in [6.45, 7) is 1.89. The number of methoxy groups -OCH3 is 1. The molecule has 116 valence electrons. The number of piperidine rings is 1. The molecule has 0 saturated carbocycles. The Bertz CT molecular complexity index is 596. The lowest BCUT2D eigenvalue weighted by Crippen LogP contribution is -2.38. The molecule has 2 aromatic heterocycles. The molecule has 1 aliphatic rings. The summed E-state index contributed by atoms with van der Waals surface area (Å²) in [6, 6.07) is 7.78. The molecule has 3 heterocycles. The smallest absolute Gasteiger partial charge is 0.213 e. The number of hydrogen-bond acceptors (Lipinski definition) is 5. The lowest BCUT2D eigenvalue weighted by molar-refractivity contribution is 0.170. The Balaban J connectivity index is 1.53. The summed E-state index contributed by atoms with van der Waals surface area (Å²) in [5.74, 6) is 2.41. The quantitative estimate of drug-likeness (QED) is 0.833. The van der Waals surface area contributed by atoms with E-state index in [4.69, 9.17) is 9.47 Å². The average Bonchev–Trinajstić information content (AvgIpc) is 2.57. The van der Waals surface area contributed by atoms with E-state index >= 15 is 0 Å². The van der Waals surface area contributed by atoms with E-state index in [-0.39, 0.29) is 6.10 Å². The summed E-state index contributed by atoms with van der Waals surface area (Å²) in [5.41, 5.74) is 0. The predicted molar refractivity (Wildman–Crippen MR) is 88.6 cm³/mol. The van der Waals surface area contributed by atoms with Gasteiger partial charge in [-0.1, -0.05) is 0 Å². The van der Waals surface area contributed by atoms with Gasteiger partial charge in [0.15, 0.2) is 0 Å². The van der Waals surface area contributed by atoms with E-state index in [2.05, 4.69) is 30.8 Å². The molecule has 0 atom stereocenters. The third kappa shape index (κ3) is 3.68. The lowest BCUT2D eigenvalue weighted by atomic mass is 10.1. The van der Waals surface area contributed by atoms with Crippen LogP contribution in [-0.2, 0) is 0 Å². The Kier molecular flexibility index (Phi) is 4.77. The van der Waals surface area contributed by atoms with Crippen LogP contribution in [0.1, 0.15) is 12.8 Å². The van der Waals surface area contributed by atoms with E-state index < -0.39 is 0 Å². The standard InChI is InChI=1S/C16H18BrN3O2/c1-21-16-5-3-14(11-19-16)22-13-6-8-20(9-7-13)15-4-2-12(17)10-18-15/h2-5,10-11,13H,6-9H2,1H3. The Morgan fingerprint density at radius 1 is 1.09 bits per heavy atom. The van der Waals surface area contributed by atoms with Crippen molar-refractivity contribution in [1.29, 1.82) is 0 Å². The van der Waals surface area contributed by atoms with Crippen molar-refractivity contribution in [1.82, 2.24) is 9.97 Å². The normalized spacial score (nSPS) is 15.6. The molecule has 1 fully saturated rings. The number of aromatic nitrogens is 2. The highest BCUT2D eigenvalue weighted by atomic mass is 79.9. The summed E-state index contributed by atoms with van der Waals surface area (Å²) >= 11 is 3.41. The first-order chi connectivity index (χ1) is 10.7. The number of rotatable bonds is 4. The first-order valence-corrected chi connectivity index (χ1v) is 8.07. The maximum Gasteiger partial charge on any atom is 0.213 e. The Morgan fingerprint density at radius 2 is 1.91 bits per heavy atom. The summed E-state index contributed by atoms with van der Waals surface area (Å²) in [7, 11) is 1.61. The van der Waals surface area contributed by atoms with E-state index in [9.17, 15) is 0 Å². The van der Waals surface area contributed by atoms with Crippen molar-refractivity contribution in [2.75, 3.05) is 25.1 Å². The Morgan fingerprint density at radius 3 is 2.50 bits per heavy atom. The van der Waals surface area contributed by atoms with Gasteiger partial charge in [0, 0.05) is 42.7 Å². The van der Waals surface area contributed by atoms with Gasteiger partial charge >= 0.3 is 0 Å². The molecule has 0 aliphatic carbocycles. The van der Waals surface area contributed by atoms with Gasteiger partial charge in [-0.2, -0.15) is 0 Å². The van der Waals surface area contributed by atoms with Crippen molar-refractivity contribution < 1.29 is 9.47 Å². The Hall–Kier alpha value is -1.82. The number of ether oxygens (including phenoxy) is 2. The maximum atomic E-state index is 5.99. The molecule has 1 aliphatic heterocycles. The minimum atomic E-state index is 0.224. The van der Waals surface area contributed by atoms with Crippen molar-refractivity contribution in [2.24, 2.45) is 0 Å². The van der Waals surface area contributed by atoms with Crippen LogP contribution in [0.15, 0.2) is 41.1 Å². The van der Waals surface area contributed by atoms with Gasteiger partial charge in [-0.25, -0.2) is 9.97 Å². The van der Waals surface area contributed by atoms with Crippen LogP contribution in [0.3, 0.4) is 0 Å². The van der Waals surface area contributed by atoms with Gasteiger partial charge in [-0.15, -0.1) is 0 Å². The van der Waals surface area contributed by atoms with Crippen LogP contribution in [-0.4, -0.2) is 36.3 Å². The van der Waals surface area contributed by atoms with Gasteiger partial charge in [0.1, 0.15) is 17.7 Å². The molecule has 1 saturated heterocycles. The first-order valence-electron chi connectivity index (χ1n) is 7.28. The van der Waals surface area contributed by atoms with Crippen LogP contribution in [0.2, 0.25) is 0 Å². The van der Waals surface area contributed by atoms with Crippen LogP contribution in [0.4, 0.5) is 5.82 Å². The first kappa shape index (κ1) is 15.1. The van der Waals surface area contributed by atoms with Crippen LogP contribution >= 0.6 is 15.9 Å². The van der Waals surface area contributed by atoms with Gasteiger partial charge in [-0.05, 0) is 34.1 Å². The molecule has 0 radical (unpaired) electrons. The van der Waals surface area contributed by atoms with Gasteiger partial charge in [0.05, 0.1) is 13.3 Å². The molecule has 3 rings (SSSR count). The van der Waals surface area contributed by atoms with Gasteiger partial charge in [-0.3, -0.25) is 0 Å². The number of nitrogens with zero attached hydrogens (tertiary/aromatic N) is 3. The fraction of sp³-hybridized carbons (Fsp3) is 0.375. The maximum absolute atomic E-state index is 5.99. The molecule has 22 heavy (non-hydrogen) atoms. The molecule has 2 aromatic rings. The van der Waals surface area contributed by atoms with Gasteiger partial charge in [0.25, 0.3) is 0 Å². The number of anilines is 1. The third-order valence-corrected chi connectivity index (χ3v) is 4.17. The zero-order valence-electron chi connectivity index (χ0n) is 12.4. The minimum Gasteiger partial charge on any atom is -0.489 e. The molecule has 0 spiro atoms. The molecular weight excluding hydrogens is 346 g/mol. The molecule has 0 unspecified atom stereocenters. The SMILES string of the molecule is COc1ccc(OC2CCN(c3ccc(Br)cn3)CC2)cn1. The van der Waals surface area contributed by atoms with E-state index in [0.29, 0.717) is 5.88 Å². The van der Waals surface area contributed by atoms with Crippen LogP contribution < -0.4 is 14.4 Å².